The van der Waals surface area contributed by atoms with Crippen molar-refractivity contribution in [3.8, 4) is 0 Å². The monoisotopic (exact) mass is 478 g/mol. The quantitative estimate of drug-likeness (QED) is 0.473. The Hall–Kier alpha value is -2.58. The first-order chi connectivity index (χ1) is 17.1. The molecule has 0 amide bonds. The summed E-state index contributed by atoms with van der Waals surface area (Å²) in [6.07, 6.45) is 10.3. The van der Waals surface area contributed by atoms with Gasteiger partial charge in [0.05, 0.1) is 18.2 Å². The summed E-state index contributed by atoms with van der Waals surface area (Å²) in [6.45, 7) is 6.41. The number of rotatable bonds is 9. The van der Waals surface area contributed by atoms with E-state index in [2.05, 4.69) is 56.1 Å². The van der Waals surface area contributed by atoms with Crippen LogP contribution in [0.1, 0.15) is 93.7 Å². The van der Waals surface area contributed by atoms with Crippen molar-refractivity contribution < 1.29 is 4.74 Å². The Morgan fingerprint density at radius 2 is 2.03 bits per heavy atom. The first-order valence-corrected chi connectivity index (χ1v) is 13.4. The third-order valence-electron chi connectivity index (χ3n) is 7.65. The van der Waals surface area contributed by atoms with E-state index in [-0.39, 0.29) is 17.7 Å². The molecule has 0 unspecified atom stereocenters. The van der Waals surface area contributed by atoms with E-state index in [0.717, 1.165) is 74.0 Å². The molecule has 2 aliphatic rings. The minimum absolute atomic E-state index is 0.0270. The Kier molecular flexibility index (Phi) is 7.58. The summed E-state index contributed by atoms with van der Waals surface area (Å²) in [4.78, 5) is 18.6. The Balaban J connectivity index is 1.50. The summed E-state index contributed by atoms with van der Waals surface area (Å²) in [5.41, 5.74) is 2.81. The van der Waals surface area contributed by atoms with Gasteiger partial charge in [0.15, 0.2) is 5.82 Å². The molecule has 1 N–H and O–H groups in total. The third kappa shape index (κ3) is 5.48. The van der Waals surface area contributed by atoms with Crippen molar-refractivity contribution in [1.29, 1.82) is 0 Å². The maximum absolute atomic E-state index is 13.1. The predicted octanol–water partition coefficient (Wildman–Crippen LogP) is 4.85. The number of fused-ring (bicyclic) bond motifs is 1. The highest BCUT2D eigenvalue weighted by atomic mass is 16.5. The number of ether oxygens (including phenoxy) is 1. The molecular formula is C27H38N6O2. The number of nitrogens with zero attached hydrogens (tertiary/aromatic N) is 5. The van der Waals surface area contributed by atoms with Gasteiger partial charge in [-0.05, 0) is 73.0 Å². The fourth-order valence-electron chi connectivity index (χ4n) is 5.81. The van der Waals surface area contributed by atoms with E-state index in [0.29, 0.717) is 12.6 Å². The lowest BCUT2D eigenvalue weighted by Gasteiger charge is -2.33. The van der Waals surface area contributed by atoms with Crippen LogP contribution in [0, 0.1) is 6.92 Å². The Morgan fingerprint density at radius 1 is 1.17 bits per heavy atom. The molecule has 2 atom stereocenters. The van der Waals surface area contributed by atoms with Crippen LogP contribution < -0.4 is 5.56 Å². The van der Waals surface area contributed by atoms with Crippen LogP contribution in [0.2, 0.25) is 0 Å². The first kappa shape index (κ1) is 24.1. The second-order valence-corrected chi connectivity index (χ2v) is 10.4. The van der Waals surface area contributed by atoms with Gasteiger partial charge in [0.25, 0.3) is 5.56 Å². The van der Waals surface area contributed by atoms with E-state index in [9.17, 15) is 4.79 Å². The van der Waals surface area contributed by atoms with Crippen LogP contribution in [0.3, 0.4) is 0 Å². The molecule has 8 heteroatoms. The molecule has 3 heterocycles. The van der Waals surface area contributed by atoms with Crippen molar-refractivity contribution in [2.45, 2.75) is 96.4 Å². The maximum Gasteiger partial charge on any atom is 0.252 e. The highest BCUT2D eigenvalue weighted by Gasteiger charge is 2.32. The van der Waals surface area contributed by atoms with Crippen LogP contribution in [0.5, 0.6) is 0 Å². The minimum atomic E-state index is -0.0270. The van der Waals surface area contributed by atoms with E-state index in [4.69, 9.17) is 4.74 Å². The summed E-state index contributed by atoms with van der Waals surface area (Å²) in [5, 5.41) is 14.2. The highest BCUT2D eigenvalue weighted by molar-refractivity contribution is 5.79. The number of pyridine rings is 1. The predicted molar refractivity (Wildman–Crippen MR) is 136 cm³/mol. The lowest BCUT2D eigenvalue weighted by molar-refractivity contribution is 0.0468. The molecule has 1 saturated carbocycles. The SMILES string of the molecule is CCC[C@@H](c1nnnn1C1CCCCC1)N(Cc1cc2cc(C)ccc2[nH]c1=O)C[C@H]1CCCO1. The van der Waals surface area contributed by atoms with Crippen LogP contribution in [0.25, 0.3) is 10.9 Å². The molecule has 1 saturated heterocycles. The van der Waals surface area contributed by atoms with Crippen molar-refractivity contribution in [1.82, 2.24) is 30.1 Å². The smallest absolute Gasteiger partial charge is 0.252 e. The first-order valence-electron chi connectivity index (χ1n) is 13.4. The van der Waals surface area contributed by atoms with Crippen molar-refractivity contribution >= 4 is 10.9 Å². The molecule has 1 aliphatic heterocycles. The van der Waals surface area contributed by atoms with Gasteiger partial charge < -0.3 is 9.72 Å². The maximum atomic E-state index is 13.1. The normalized spacial score (nSPS) is 20.1. The molecule has 188 valence electrons. The summed E-state index contributed by atoms with van der Waals surface area (Å²) < 4.78 is 8.14. The molecule has 0 radical (unpaired) electrons. The molecule has 2 fully saturated rings. The second kappa shape index (κ2) is 11.0. The van der Waals surface area contributed by atoms with E-state index in [1.165, 1.54) is 24.8 Å². The Morgan fingerprint density at radius 3 is 2.80 bits per heavy atom. The van der Waals surface area contributed by atoms with Gasteiger partial charge in [-0.25, -0.2) is 4.68 Å². The standard InChI is InChI=1S/C27H38N6O2/c1-3-8-25(26-29-30-31-33(26)22-9-5-4-6-10-22)32(18-23-11-7-14-35-23)17-21-16-20-15-19(2)12-13-24(20)28-27(21)34/h12-13,15-16,22-23,25H,3-11,14,17-18H2,1-2H3,(H,28,34)/t23-,25+/m1/s1. The van der Waals surface area contributed by atoms with E-state index in [1.54, 1.807) is 0 Å². The van der Waals surface area contributed by atoms with Gasteiger partial charge in [-0.1, -0.05) is 44.2 Å². The number of hydrogen-bond acceptors (Lipinski definition) is 6. The summed E-state index contributed by atoms with van der Waals surface area (Å²) in [6, 6.07) is 8.60. The second-order valence-electron chi connectivity index (χ2n) is 10.4. The number of tetrazole rings is 1. The Bertz CT molecular complexity index is 1180. The van der Waals surface area contributed by atoms with Gasteiger partial charge in [0.1, 0.15) is 0 Å². The van der Waals surface area contributed by atoms with Gasteiger partial charge >= 0.3 is 0 Å². The van der Waals surface area contributed by atoms with Crippen molar-refractivity contribution in [2.75, 3.05) is 13.2 Å². The van der Waals surface area contributed by atoms with Gasteiger partial charge in [-0.2, -0.15) is 0 Å². The summed E-state index contributed by atoms with van der Waals surface area (Å²) >= 11 is 0. The van der Waals surface area contributed by atoms with Gasteiger partial charge in [-0.15, -0.1) is 5.10 Å². The number of aromatic nitrogens is 5. The number of H-pyrrole nitrogens is 1. The molecule has 0 spiro atoms. The lowest BCUT2D eigenvalue weighted by atomic mass is 9.95. The molecule has 2 aromatic heterocycles. The van der Waals surface area contributed by atoms with Crippen LogP contribution in [-0.4, -0.2) is 49.3 Å². The van der Waals surface area contributed by atoms with E-state index >= 15 is 0 Å². The topological polar surface area (TPSA) is 88.9 Å². The molecule has 1 aromatic carbocycles. The van der Waals surface area contributed by atoms with E-state index in [1.807, 2.05) is 12.1 Å². The zero-order valence-electron chi connectivity index (χ0n) is 21.1. The Labute approximate surface area is 207 Å². The lowest BCUT2D eigenvalue weighted by Crippen LogP contribution is -2.38. The van der Waals surface area contributed by atoms with Crippen LogP contribution >= 0.6 is 0 Å². The fourth-order valence-corrected chi connectivity index (χ4v) is 5.81. The average molecular weight is 479 g/mol. The number of nitrogens with one attached hydrogen (secondary N) is 1. The highest BCUT2D eigenvalue weighted by Crippen LogP contribution is 2.33. The summed E-state index contributed by atoms with van der Waals surface area (Å²) in [5.74, 6) is 0.935. The zero-order chi connectivity index (χ0) is 24.2. The van der Waals surface area contributed by atoms with Crippen LogP contribution in [0.4, 0.5) is 0 Å². The zero-order valence-corrected chi connectivity index (χ0v) is 21.1. The molecular weight excluding hydrogens is 440 g/mol. The average Bonchev–Trinajstić information content (AvgIpc) is 3.56. The van der Waals surface area contributed by atoms with Crippen molar-refractivity contribution in [3.05, 3.63) is 51.6 Å². The van der Waals surface area contributed by atoms with Gasteiger partial charge in [0, 0.05) is 30.8 Å². The molecule has 3 aromatic rings. The van der Waals surface area contributed by atoms with Crippen LogP contribution in [0.15, 0.2) is 29.1 Å². The molecule has 0 bridgehead atoms. The number of aromatic amines is 1. The molecule has 1 aliphatic carbocycles. The third-order valence-corrected chi connectivity index (χ3v) is 7.65. The van der Waals surface area contributed by atoms with Gasteiger partial charge in [0.2, 0.25) is 0 Å². The van der Waals surface area contributed by atoms with E-state index < -0.39 is 0 Å². The van der Waals surface area contributed by atoms with Gasteiger partial charge in [-0.3, -0.25) is 9.69 Å². The summed E-state index contributed by atoms with van der Waals surface area (Å²) in [7, 11) is 0. The molecule has 5 rings (SSSR count). The number of aryl methyl sites for hydroxylation is 1. The number of hydrogen-bond donors (Lipinski definition) is 1. The molecule has 35 heavy (non-hydrogen) atoms. The van der Waals surface area contributed by atoms with Crippen molar-refractivity contribution in [2.24, 2.45) is 0 Å². The fraction of sp³-hybridized carbons (Fsp3) is 0.630. The number of benzene rings is 1. The minimum Gasteiger partial charge on any atom is -0.377 e. The van der Waals surface area contributed by atoms with Crippen molar-refractivity contribution in [3.63, 3.8) is 0 Å². The van der Waals surface area contributed by atoms with Crippen LogP contribution in [-0.2, 0) is 11.3 Å². The molecule has 8 nitrogen and oxygen atoms in total. The largest absolute Gasteiger partial charge is 0.377 e.